The van der Waals surface area contributed by atoms with Crippen LogP contribution < -0.4 is 5.32 Å². The van der Waals surface area contributed by atoms with E-state index in [1.165, 1.54) is 13.1 Å². The van der Waals surface area contributed by atoms with Gasteiger partial charge >= 0.3 is 5.97 Å². The van der Waals surface area contributed by atoms with Gasteiger partial charge in [-0.1, -0.05) is 11.6 Å². The molecule has 0 radical (unpaired) electrons. The minimum atomic E-state index is -1.15. The first-order valence-corrected chi connectivity index (χ1v) is 5.25. The normalized spacial score (nSPS) is 18.0. The molecule has 1 aliphatic heterocycles. The number of benzene rings is 1. The van der Waals surface area contributed by atoms with E-state index in [1.54, 1.807) is 18.2 Å². The maximum Gasteiger partial charge on any atom is 0.305 e. The van der Waals surface area contributed by atoms with E-state index in [4.69, 9.17) is 16.3 Å². The summed E-state index contributed by atoms with van der Waals surface area (Å²) in [5.41, 5.74) is 1.25. The van der Waals surface area contributed by atoms with E-state index >= 15 is 0 Å². The van der Waals surface area contributed by atoms with Crippen LogP contribution in [-0.2, 0) is 14.3 Å². The van der Waals surface area contributed by atoms with Crippen molar-refractivity contribution < 1.29 is 14.3 Å². The smallest absolute Gasteiger partial charge is 0.305 e. The molecule has 0 aromatic heterocycles. The van der Waals surface area contributed by atoms with Crippen LogP contribution in [0.5, 0.6) is 0 Å². The molecule has 0 bridgehead atoms. The first kappa shape index (κ1) is 11.6. The SMILES string of the molecule is CC(=O)O[C@@H]1N=Cc2cc(Cl)ccc2NC1=O. The molecule has 0 fully saturated rings. The highest BCUT2D eigenvalue weighted by atomic mass is 35.5. The molecule has 1 aromatic rings. The second-order valence-corrected chi connectivity index (χ2v) is 3.90. The summed E-state index contributed by atoms with van der Waals surface area (Å²) in [5, 5.41) is 3.14. The molecule has 0 aliphatic carbocycles. The Hall–Kier alpha value is -1.88. The number of ether oxygens (including phenoxy) is 1. The molecule has 2 rings (SSSR count). The lowest BCUT2D eigenvalue weighted by atomic mass is 10.2. The molecule has 5 nitrogen and oxygen atoms in total. The standard InChI is InChI=1S/C11H9ClN2O3/c1-6(15)17-11-10(16)14-9-3-2-8(12)4-7(9)5-13-11/h2-5,11H,1H3,(H,14,16)/t11-/m0/s1. The average molecular weight is 253 g/mol. The summed E-state index contributed by atoms with van der Waals surface area (Å²) in [7, 11) is 0. The molecule has 0 spiro atoms. The maximum absolute atomic E-state index is 11.7. The Morgan fingerprint density at radius 3 is 3.00 bits per heavy atom. The Labute approximate surface area is 102 Å². The van der Waals surface area contributed by atoms with Crippen LogP contribution in [0.4, 0.5) is 5.69 Å². The molecule has 1 heterocycles. The highest BCUT2D eigenvalue weighted by molar-refractivity contribution is 6.31. The number of benzodiazepines with no additional fused rings is 1. The molecular formula is C11H9ClN2O3. The number of rotatable bonds is 1. The number of amides is 1. The third-order valence-corrected chi connectivity index (χ3v) is 2.36. The molecule has 0 unspecified atom stereocenters. The molecule has 1 atom stereocenters. The molecule has 1 amide bonds. The van der Waals surface area contributed by atoms with Crippen LogP contribution in [0.15, 0.2) is 23.2 Å². The number of hydrogen-bond acceptors (Lipinski definition) is 4. The zero-order valence-electron chi connectivity index (χ0n) is 8.94. The molecule has 17 heavy (non-hydrogen) atoms. The van der Waals surface area contributed by atoms with Crippen LogP contribution in [0.25, 0.3) is 0 Å². The summed E-state index contributed by atoms with van der Waals surface area (Å²) in [6.45, 7) is 1.22. The Morgan fingerprint density at radius 1 is 1.53 bits per heavy atom. The minimum Gasteiger partial charge on any atom is -0.430 e. The van der Waals surface area contributed by atoms with Gasteiger partial charge in [-0.3, -0.25) is 9.59 Å². The zero-order chi connectivity index (χ0) is 12.4. The van der Waals surface area contributed by atoms with Gasteiger partial charge < -0.3 is 10.1 Å². The van der Waals surface area contributed by atoms with E-state index < -0.39 is 18.1 Å². The van der Waals surface area contributed by atoms with E-state index in [2.05, 4.69) is 10.3 Å². The quantitative estimate of drug-likeness (QED) is 0.772. The largest absolute Gasteiger partial charge is 0.430 e. The maximum atomic E-state index is 11.7. The molecular weight excluding hydrogens is 244 g/mol. The van der Waals surface area contributed by atoms with Crippen molar-refractivity contribution in [2.75, 3.05) is 5.32 Å². The van der Waals surface area contributed by atoms with E-state index in [1.807, 2.05) is 0 Å². The van der Waals surface area contributed by atoms with Gasteiger partial charge in [-0.15, -0.1) is 0 Å². The number of carbonyl (C=O) groups excluding carboxylic acids is 2. The first-order valence-electron chi connectivity index (χ1n) is 4.87. The first-order chi connectivity index (χ1) is 8.06. The van der Waals surface area contributed by atoms with Crippen LogP contribution >= 0.6 is 11.6 Å². The van der Waals surface area contributed by atoms with E-state index in [-0.39, 0.29) is 0 Å². The van der Waals surface area contributed by atoms with Gasteiger partial charge in [0.25, 0.3) is 12.1 Å². The predicted octanol–water partition coefficient (Wildman–Crippen LogP) is 1.60. The lowest BCUT2D eigenvalue weighted by molar-refractivity contribution is -0.151. The van der Waals surface area contributed by atoms with Gasteiger partial charge in [-0.05, 0) is 18.2 Å². The summed E-state index contributed by atoms with van der Waals surface area (Å²) in [5.74, 6) is -1.05. The van der Waals surface area contributed by atoms with Crippen LogP contribution in [0.2, 0.25) is 5.02 Å². The number of nitrogens with one attached hydrogen (secondary N) is 1. The number of aliphatic imine (C=N–C) groups is 1. The molecule has 1 aliphatic rings. The number of anilines is 1. The van der Waals surface area contributed by atoms with Crippen molar-refractivity contribution in [2.45, 2.75) is 13.2 Å². The van der Waals surface area contributed by atoms with Crippen molar-refractivity contribution >= 4 is 35.4 Å². The van der Waals surface area contributed by atoms with Crippen LogP contribution in [0, 0.1) is 0 Å². The molecule has 6 heteroatoms. The third kappa shape index (κ3) is 2.62. The van der Waals surface area contributed by atoms with Gasteiger partial charge in [-0.2, -0.15) is 0 Å². The number of hydrogen-bond donors (Lipinski definition) is 1. The number of esters is 1. The van der Waals surface area contributed by atoms with Crippen molar-refractivity contribution in [3.8, 4) is 0 Å². The summed E-state index contributed by atoms with van der Waals surface area (Å²) in [6, 6.07) is 4.98. The highest BCUT2D eigenvalue weighted by Crippen LogP contribution is 2.21. The Kier molecular flexibility index (Phi) is 3.10. The second-order valence-electron chi connectivity index (χ2n) is 3.46. The zero-order valence-corrected chi connectivity index (χ0v) is 9.69. The van der Waals surface area contributed by atoms with Crippen LogP contribution in [0.1, 0.15) is 12.5 Å². The van der Waals surface area contributed by atoms with E-state index in [0.29, 0.717) is 16.3 Å². The Morgan fingerprint density at radius 2 is 2.29 bits per heavy atom. The van der Waals surface area contributed by atoms with Gasteiger partial charge in [-0.25, -0.2) is 4.99 Å². The Balaban J connectivity index is 2.31. The van der Waals surface area contributed by atoms with Crippen LogP contribution in [-0.4, -0.2) is 24.3 Å². The monoisotopic (exact) mass is 252 g/mol. The fourth-order valence-electron chi connectivity index (χ4n) is 1.41. The molecule has 0 saturated carbocycles. The number of nitrogens with zero attached hydrogens (tertiary/aromatic N) is 1. The molecule has 1 N–H and O–H groups in total. The van der Waals surface area contributed by atoms with Crippen molar-refractivity contribution in [2.24, 2.45) is 4.99 Å². The lowest BCUT2D eigenvalue weighted by Gasteiger charge is -2.10. The number of halogens is 1. The minimum absolute atomic E-state index is 0.488. The van der Waals surface area contributed by atoms with Gasteiger partial charge in [0.05, 0.1) is 0 Å². The summed E-state index contributed by atoms with van der Waals surface area (Å²) < 4.78 is 4.76. The molecule has 0 saturated heterocycles. The second kappa shape index (κ2) is 4.55. The van der Waals surface area contributed by atoms with Crippen molar-refractivity contribution in [3.05, 3.63) is 28.8 Å². The summed E-state index contributed by atoms with van der Waals surface area (Å²) >= 11 is 5.83. The topological polar surface area (TPSA) is 67.8 Å². The van der Waals surface area contributed by atoms with Gasteiger partial charge in [0.2, 0.25) is 0 Å². The van der Waals surface area contributed by atoms with E-state index in [0.717, 1.165) is 0 Å². The molecule has 1 aromatic carbocycles. The summed E-state index contributed by atoms with van der Waals surface area (Å²) in [6.07, 6.45) is 0.297. The lowest BCUT2D eigenvalue weighted by Crippen LogP contribution is -2.29. The highest BCUT2D eigenvalue weighted by Gasteiger charge is 2.23. The van der Waals surface area contributed by atoms with Gasteiger partial charge in [0, 0.05) is 29.4 Å². The number of fused-ring (bicyclic) bond motifs is 1. The van der Waals surface area contributed by atoms with Gasteiger partial charge in [0.15, 0.2) is 0 Å². The van der Waals surface area contributed by atoms with Crippen molar-refractivity contribution in [3.63, 3.8) is 0 Å². The summed E-state index contributed by atoms with van der Waals surface area (Å²) in [4.78, 5) is 26.3. The predicted molar refractivity (Wildman–Crippen MR) is 63.2 cm³/mol. The Bertz CT molecular complexity index is 513. The van der Waals surface area contributed by atoms with E-state index in [9.17, 15) is 9.59 Å². The van der Waals surface area contributed by atoms with Crippen molar-refractivity contribution in [1.82, 2.24) is 0 Å². The average Bonchev–Trinajstić information content (AvgIpc) is 2.39. The number of carbonyl (C=O) groups is 2. The fourth-order valence-corrected chi connectivity index (χ4v) is 1.59. The fraction of sp³-hybridized carbons (Fsp3) is 0.182. The molecule has 88 valence electrons. The van der Waals surface area contributed by atoms with Crippen LogP contribution in [0.3, 0.4) is 0 Å². The third-order valence-electron chi connectivity index (χ3n) is 2.12. The van der Waals surface area contributed by atoms with Crippen molar-refractivity contribution in [1.29, 1.82) is 0 Å². The van der Waals surface area contributed by atoms with Gasteiger partial charge in [0.1, 0.15) is 0 Å².